The molecule has 114 valence electrons. The van der Waals surface area contributed by atoms with Crippen LogP contribution in [0, 0.1) is 5.92 Å². The zero-order valence-electron chi connectivity index (χ0n) is 12.2. The minimum atomic E-state index is -0.0740. The molecule has 1 saturated carbocycles. The van der Waals surface area contributed by atoms with Gasteiger partial charge in [0.15, 0.2) is 11.5 Å². The summed E-state index contributed by atoms with van der Waals surface area (Å²) in [5.74, 6) is 1.25. The maximum absolute atomic E-state index is 12.0. The van der Waals surface area contributed by atoms with E-state index >= 15 is 0 Å². The van der Waals surface area contributed by atoms with Gasteiger partial charge in [-0.3, -0.25) is 4.79 Å². The number of amides is 1. The Morgan fingerprint density at radius 1 is 1.48 bits per heavy atom. The summed E-state index contributed by atoms with van der Waals surface area (Å²) in [6, 6.07) is 5.59. The Labute approximate surface area is 129 Å². The Hall–Kier alpha value is -1.59. The van der Waals surface area contributed by atoms with Crippen molar-refractivity contribution in [1.82, 2.24) is 10.3 Å². The van der Waals surface area contributed by atoms with Crippen molar-refractivity contribution in [2.75, 3.05) is 18.9 Å². The molecule has 0 saturated heterocycles. The van der Waals surface area contributed by atoms with Gasteiger partial charge in [-0.15, -0.1) is 12.4 Å². The third kappa shape index (κ3) is 3.54. The van der Waals surface area contributed by atoms with Crippen molar-refractivity contribution in [3.63, 3.8) is 0 Å². The van der Waals surface area contributed by atoms with Crippen LogP contribution in [-0.2, 0) is 4.79 Å². The van der Waals surface area contributed by atoms with E-state index in [1.54, 1.807) is 0 Å². The van der Waals surface area contributed by atoms with Crippen LogP contribution in [-0.4, -0.2) is 24.5 Å². The first-order valence-corrected chi connectivity index (χ1v) is 7.03. The molecule has 2 aromatic rings. The Bertz CT molecular complexity index is 637. The largest absolute Gasteiger partial charge is 0.440 e. The highest BCUT2D eigenvalue weighted by Crippen LogP contribution is 2.40. The molecule has 0 spiro atoms. The van der Waals surface area contributed by atoms with Gasteiger partial charge in [0, 0.05) is 24.1 Å². The Morgan fingerprint density at radius 2 is 2.24 bits per heavy atom. The van der Waals surface area contributed by atoms with Gasteiger partial charge in [-0.05, 0) is 38.1 Å². The van der Waals surface area contributed by atoms with Crippen molar-refractivity contribution in [3.8, 4) is 0 Å². The molecule has 5 nitrogen and oxygen atoms in total. The van der Waals surface area contributed by atoms with Gasteiger partial charge in [0.1, 0.15) is 5.52 Å². The summed E-state index contributed by atoms with van der Waals surface area (Å²) in [5.41, 5.74) is 2.36. The van der Waals surface area contributed by atoms with Crippen LogP contribution < -0.4 is 10.6 Å². The van der Waals surface area contributed by atoms with Gasteiger partial charge in [0.25, 0.3) is 0 Å². The summed E-state index contributed by atoms with van der Waals surface area (Å²) in [6.45, 7) is 2.55. The number of anilines is 1. The summed E-state index contributed by atoms with van der Waals surface area (Å²) in [5, 5.41) is 5.91. The van der Waals surface area contributed by atoms with Gasteiger partial charge < -0.3 is 15.1 Å². The number of carbonyl (C=O) groups is 1. The van der Waals surface area contributed by atoms with Crippen LogP contribution in [0.5, 0.6) is 0 Å². The monoisotopic (exact) mass is 309 g/mol. The molecule has 1 atom stereocenters. The second kappa shape index (κ2) is 6.45. The van der Waals surface area contributed by atoms with E-state index < -0.39 is 0 Å². The average Bonchev–Trinajstić information content (AvgIpc) is 3.19. The molecule has 1 aliphatic rings. The third-order valence-electron chi connectivity index (χ3n) is 3.56. The minimum Gasteiger partial charge on any atom is -0.440 e. The normalized spacial score (nSPS) is 15.5. The highest BCUT2D eigenvalue weighted by Gasteiger charge is 2.28. The zero-order valence-corrected chi connectivity index (χ0v) is 13.0. The first-order valence-electron chi connectivity index (χ1n) is 7.03. The standard InChI is InChI=1S/C15H19N3O2.ClH/c1-9(8-16-2)14(19)17-11-5-6-13-12(7-11)18-15(20-13)10-3-4-10;/h5-7,9-10,16H,3-4,8H2,1-2H3,(H,17,19);1H. The van der Waals surface area contributed by atoms with Crippen LogP contribution in [0.15, 0.2) is 22.6 Å². The van der Waals surface area contributed by atoms with Gasteiger partial charge in [-0.25, -0.2) is 4.98 Å². The summed E-state index contributed by atoms with van der Waals surface area (Å²) in [7, 11) is 1.84. The molecular weight excluding hydrogens is 290 g/mol. The average molecular weight is 310 g/mol. The Morgan fingerprint density at radius 3 is 2.90 bits per heavy atom. The van der Waals surface area contributed by atoms with Crippen LogP contribution >= 0.6 is 12.4 Å². The number of nitrogens with zero attached hydrogens (tertiary/aromatic N) is 1. The lowest BCUT2D eigenvalue weighted by Crippen LogP contribution is -2.28. The van der Waals surface area contributed by atoms with E-state index in [0.29, 0.717) is 12.5 Å². The molecule has 0 bridgehead atoms. The van der Waals surface area contributed by atoms with E-state index in [2.05, 4.69) is 15.6 Å². The highest BCUT2D eigenvalue weighted by atomic mass is 35.5. The third-order valence-corrected chi connectivity index (χ3v) is 3.56. The van der Waals surface area contributed by atoms with Crippen molar-refractivity contribution in [3.05, 3.63) is 24.1 Å². The van der Waals surface area contributed by atoms with Crippen LogP contribution in [0.2, 0.25) is 0 Å². The molecule has 21 heavy (non-hydrogen) atoms. The number of hydrogen-bond acceptors (Lipinski definition) is 4. The van der Waals surface area contributed by atoms with Crippen LogP contribution in [0.3, 0.4) is 0 Å². The first-order chi connectivity index (χ1) is 9.67. The zero-order chi connectivity index (χ0) is 14.1. The number of halogens is 1. The van der Waals surface area contributed by atoms with E-state index in [9.17, 15) is 4.79 Å². The number of aromatic nitrogens is 1. The van der Waals surface area contributed by atoms with E-state index in [1.807, 2.05) is 32.2 Å². The lowest BCUT2D eigenvalue weighted by Gasteiger charge is -2.11. The number of hydrogen-bond donors (Lipinski definition) is 2. The van der Waals surface area contributed by atoms with Crippen molar-refractivity contribution < 1.29 is 9.21 Å². The maximum atomic E-state index is 12.0. The van der Waals surface area contributed by atoms with Crippen molar-refractivity contribution >= 4 is 35.1 Å². The topological polar surface area (TPSA) is 67.2 Å². The van der Waals surface area contributed by atoms with E-state index in [4.69, 9.17) is 4.42 Å². The summed E-state index contributed by atoms with van der Waals surface area (Å²) < 4.78 is 5.70. The van der Waals surface area contributed by atoms with Crippen LogP contribution in [0.4, 0.5) is 5.69 Å². The molecule has 1 aliphatic carbocycles. The Kier molecular flexibility index (Phi) is 4.85. The molecule has 1 aromatic heterocycles. The molecular formula is C15H20ClN3O2. The minimum absolute atomic E-state index is 0. The van der Waals surface area contributed by atoms with Gasteiger partial charge in [-0.2, -0.15) is 0 Å². The molecule has 1 aromatic carbocycles. The quantitative estimate of drug-likeness (QED) is 0.891. The highest BCUT2D eigenvalue weighted by molar-refractivity contribution is 5.94. The molecule has 2 N–H and O–H groups in total. The molecule has 1 fully saturated rings. The van der Waals surface area contributed by atoms with Gasteiger partial charge in [0.05, 0.1) is 0 Å². The number of rotatable bonds is 5. The molecule has 3 rings (SSSR count). The number of benzene rings is 1. The van der Waals surface area contributed by atoms with Crippen LogP contribution in [0.25, 0.3) is 11.1 Å². The molecule has 1 amide bonds. The molecule has 0 aliphatic heterocycles. The van der Waals surface area contributed by atoms with Crippen molar-refractivity contribution in [2.45, 2.75) is 25.7 Å². The fraction of sp³-hybridized carbons (Fsp3) is 0.467. The lowest BCUT2D eigenvalue weighted by molar-refractivity contribution is -0.119. The molecule has 1 heterocycles. The smallest absolute Gasteiger partial charge is 0.228 e. The number of carbonyl (C=O) groups excluding carboxylic acids is 1. The predicted molar refractivity (Wildman–Crippen MR) is 85.0 cm³/mol. The summed E-state index contributed by atoms with van der Waals surface area (Å²) in [6.07, 6.45) is 2.33. The SMILES string of the molecule is CNCC(C)C(=O)Nc1ccc2oc(C3CC3)nc2c1.Cl. The van der Waals surface area contributed by atoms with Gasteiger partial charge >= 0.3 is 0 Å². The molecule has 6 heteroatoms. The summed E-state index contributed by atoms with van der Waals surface area (Å²) in [4.78, 5) is 16.5. The Balaban J connectivity index is 0.00000161. The maximum Gasteiger partial charge on any atom is 0.228 e. The fourth-order valence-corrected chi connectivity index (χ4v) is 2.19. The predicted octanol–water partition coefficient (Wildman–Crippen LogP) is 2.92. The fourth-order valence-electron chi connectivity index (χ4n) is 2.19. The second-order valence-corrected chi connectivity index (χ2v) is 5.46. The molecule has 1 unspecified atom stereocenters. The number of nitrogens with one attached hydrogen (secondary N) is 2. The van der Waals surface area contributed by atoms with E-state index in [0.717, 1.165) is 35.5 Å². The van der Waals surface area contributed by atoms with Gasteiger partial charge in [0.2, 0.25) is 5.91 Å². The lowest BCUT2D eigenvalue weighted by atomic mass is 10.1. The molecule has 0 radical (unpaired) electrons. The number of fused-ring (bicyclic) bond motifs is 1. The second-order valence-electron chi connectivity index (χ2n) is 5.46. The van der Waals surface area contributed by atoms with Gasteiger partial charge in [-0.1, -0.05) is 6.92 Å². The first kappa shape index (κ1) is 15.8. The van der Waals surface area contributed by atoms with Crippen LogP contribution in [0.1, 0.15) is 31.6 Å². The van der Waals surface area contributed by atoms with E-state index in [-0.39, 0.29) is 24.2 Å². The van der Waals surface area contributed by atoms with Crippen molar-refractivity contribution in [1.29, 1.82) is 0 Å². The van der Waals surface area contributed by atoms with Crippen molar-refractivity contribution in [2.24, 2.45) is 5.92 Å². The summed E-state index contributed by atoms with van der Waals surface area (Å²) >= 11 is 0. The number of oxazole rings is 1. The van der Waals surface area contributed by atoms with E-state index in [1.165, 1.54) is 0 Å².